The third kappa shape index (κ3) is 3.87. The Morgan fingerprint density at radius 1 is 1.10 bits per heavy atom. The molecule has 2 aliphatic heterocycles. The summed E-state index contributed by atoms with van der Waals surface area (Å²) in [6, 6.07) is 12.5. The van der Waals surface area contributed by atoms with Crippen LogP contribution in [0.1, 0.15) is 24.0 Å². The Balaban J connectivity index is 1.55. The van der Waals surface area contributed by atoms with Gasteiger partial charge in [0.1, 0.15) is 13.2 Å². The zero-order valence-corrected chi connectivity index (χ0v) is 15.8. The number of anilines is 1. The van der Waals surface area contributed by atoms with Crippen LogP contribution in [0.25, 0.3) is 0 Å². The van der Waals surface area contributed by atoms with Gasteiger partial charge in [-0.1, -0.05) is 35.0 Å². The molecule has 0 unspecified atom stereocenters. The number of nitrogens with one attached hydrogen (secondary N) is 1. The second-order valence-corrected chi connectivity index (χ2v) is 7.03. The fourth-order valence-electron chi connectivity index (χ4n) is 3.27. The number of nitrogens with zero attached hydrogens (tertiary/aromatic N) is 1. The normalized spacial score (nSPS) is 19.8. The molecule has 0 saturated heterocycles. The number of amides is 1. The van der Waals surface area contributed by atoms with Gasteiger partial charge in [0.15, 0.2) is 11.5 Å². The minimum atomic E-state index is -1.69. The number of oxime groups is 1. The lowest BCUT2D eigenvalue weighted by Crippen LogP contribution is -2.47. The van der Waals surface area contributed by atoms with E-state index in [1.165, 1.54) is 0 Å². The number of benzene rings is 2. The number of fused-ring (bicyclic) bond motifs is 1. The van der Waals surface area contributed by atoms with E-state index in [2.05, 4.69) is 10.5 Å². The molecular formula is C21H19N2O6-. The lowest BCUT2D eigenvalue weighted by molar-refractivity contribution is -0.309. The molecule has 8 nitrogen and oxygen atoms in total. The molecule has 0 aliphatic carbocycles. The summed E-state index contributed by atoms with van der Waals surface area (Å²) in [6.45, 7) is 2.83. The Hall–Kier alpha value is -3.55. The summed E-state index contributed by atoms with van der Waals surface area (Å²) in [5.41, 5.74) is 1.09. The second-order valence-electron chi connectivity index (χ2n) is 7.03. The summed E-state index contributed by atoms with van der Waals surface area (Å²) < 4.78 is 11.0. The molecule has 0 aromatic heterocycles. The highest BCUT2D eigenvalue weighted by molar-refractivity contribution is 6.09. The number of hydrogen-bond acceptors (Lipinski definition) is 7. The molecule has 1 N–H and O–H groups in total. The smallest absolute Gasteiger partial charge is 0.272 e. The molecule has 2 aromatic carbocycles. The van der Waals surface area contributed by atoms with Crippen molar-refractivity contribution in [2.24, 2.45) is 5.16 Å². The third-order valence-corrected chi connectivity index (χ3v) is 4.81. The van der Waals surface area contributed by atoms with Gasteiger partial charge in [-0.2, -0.15) is 0 Å². The van der Waals surface area contributed by atoms with Crippen LogP contribution in [-0.2, 0) is 14.4 Å². The van der Waals surface area contributed by atoms with Gasteiger partial charge in [-0.15, -0.1) is 0 Å². The molecule has 0 spiro atoms. The molecular weight excluding hydrogens is 376 g/mol. The van der Waals surface area contributed by atoms with Gasteiger partial charge in [-0.05, 0) is 24.6 Å². The Labute approximate surface area is 167 Å². The van der Waals surface area contributed by atoms with Crippen LogP contribution in [0.5, 0.6) is 11.5 Å². The van der Waals surface area contributed by atoms with E-state index in [1.807, 2.05) is 31.2 Å². The van der Waals surface area contributed by atoms with Crippen molar-refractivity contribution in [2.45, 2.75) is 25.4 Å². The number of carboxylic acids is 1. The van der Waals surface area contributed by atoms with Crippen LogP contribution in [0.3, 0.4) is 0 Å². The van der Waals surface area contributed by atoms with Gasteiger partial charge >= 0.3 is 0 Å². The summed E-state index contributed by atoms with van der Waals surface area (Å²) in [5, 5.41) is 18.0. The first-order valence-electron chi connectivity index (χ1n) is 9.18. The number of carboxylic acid groups (broad SMARTS) is 1. The minimum absolute atomic E-state index is 0.0143. The Bertz CT molecular complexity index is 985. The predicted octanol–water partition coefficient (Wildman–Crippen LogP) is 1.41. The van der Waals surface area contributed by atoms with E-state index in [-0.39, 0.29) is 6.42 Å². The summed E-state index contributed by atoms with van der Waals surface area (Å²) in [4.78, 5) is 29.7. The van der Waals surface area contributed by atoms with Crippen molar-refractivity contribution in [3.05, 3.63) is 53.6 Å². The summed E-state index contributed by atoms with van der Waals surface area (Å²) in [6.07, 6.45) is -0.608. The Morgan fingerprint density at radius 3 is 2.55 bits per heavy atom. The molecule has 1 atom stereocenters. The molecule has 0 radical (unpaired) electrons. The monoisotopic (exact) mass is 395 g/mol. The number of carbonyl (C=O) groups is 2. The lowest BCUT2D eigenvalue weighted by atomic mass is 9.90. The average Bonchev–Trinajstić information content (AvgIpc) is 3.13. The molecule has 4 rings (SSSR count). The fourth-order valence-corrected chi connectivity index (χ4v) is 3.27. The molecule has 2 aliphatic rings. The lowest BCUT2D eigenvalue weighted by Gasteiger charge is -2.26. The first-order chi connectivity index (χ1) is 13.9. The molecule has 1 amide bonds. The van der Waals surface area contributed by atoms with E-state index in [0.717, 1.165) is 11.1 Å². The van der Waals surface area contributed by atoms with Gasteiger partial charge in [-0.25, -0.2) is 0 Å². The van der Waals surface area contributed by atoms with Crippen molar-refractivity contribution in [2.75, 3.05) is 18.5 Å². The van der Waals surface area contributed by atoms with Gasteiger partial charge < -0.3 is 29.5 Å². The Kier molecular flexibility index (Phi) is 4.84. The van der Waals surface area contributed by atoms with E-state index in [1.54, 1.807) is 18.2 Å². The molecule has 2 heterocycles. The SMILES string of the molecule is Cc1ccc(C2=NO[C@@](CC(=O)[O-])(C(=O)Nc3ccc4c(c3)OCCO4)C2)cc1. The quantitative estimate of drug-likeness (QED) is 0.820. The standard InChI is InChI=1S/C21H20N2O6/c1-13-2-4-14(5-3-13)16-11-21(29-23-16,12-19(24)25)20(26)22-15-6-7-17-18(10-15)28-9-8-27-17/h2-7,10H,8-9,11-12H2,1H3,(H,22,26)(H,24,25)/p-1/t21-/m0/s1. The second kappa shape index (κ2) is 7.46. The molecule has 150 valence electrons. The van der Waals surface area contributed by atoms with Crippen LogP contribution in [0.2, 0.25) is 0 Å². The maximum atomic E-state index is 13.0. The Morgan fingerprint density at radius 2 is 1.83 bits per heavy atom. The molecule has 0 saturated carbocycles. The molecule has 2 aromatic rings. The van der Waals surface area contributed by atoms with E-state index in [9.17, 15) is 14.7 Å². The summed E-state index contributed by atoms with van der Waals surface area (Å²) >= 11 is 0. The van der Waals surface area contributed by atoms with Gasteiger partial charge in [0, 0.05) is 30.6 Å². The van der Waals surface area contributed by atoms with Crippen molar-refractivity contribution >= 4 is 23.3 Å². The van der Waals surface area contributed by atoms with Crippen molar-refractivity contribution in [3.63, 3.8) is 0 Å². The van der Waals surface area contributed by atoms with Crippen LogP contribution in [0.15, 0.2) is 47.6 Å². The van der Waals surface area contributed by atoms with Gasteiger partial charge in [0.2, 0.25) is 5.60 Å². The zero-order valence-electron chi connectivity index (χ0n) is 15.8. The number of ether oxygens (including phenoxy) is 2. The number of aliphatic carboxylic acids is 1. The summed E-state index contributed by atoms with van der Waals surface area (Å²) in [7, 11) is 0. The van der Waals surface area contributed by atoms with Gasteiger partial charge in [-0.3, -0.25) is 4.79 Å². The number of hydrogen-bond donors (Lipinski definition) is 1. The van der Waals surface area contributed by atoms with E-state index >= 15 is 0 Å². The number of carbonyl (C=O) groups excluding carboxylic acids is 2. The van der Waals surface area contributed by atoms with E-state index in [0.29, 0.717) is 36.1 Å². The van der Waals surface area contributed by atoms with E-state index < -0.39 is 23.9 Å². The van der Waals surface area contributed by atoms with Crippen LogP contribution >= 0.6 is 0 Å². The van der Waals surface area contributed by atoms with Crippen molar-refractivity contribution in [3.8, 4) is 11.5 Å². The van der Waals surface area contributed by atoms with Crippen molar-refractivity contribution in [1.82, 2.24) is 0 Å². The summed E-state index contributed by atoms with van der Waals surface area (Å²) in [5.74, 6) is -0.931. The van der Waals surface area contributed by atoms with E-state index in [4.69, 9.17) is 14.3 Å². The molecule has 8 heteroatoms. The average molecular weight is 395 g/mol. The third-order valence-electron chi connectivity index (χ3n) is 4.81. The highest BCUT2D eigenvalue weighted by Crippen LogP contribution is 2.35. The maximum Gasteiger partial charge on any atom is 0.272 e. The van der Waals surface area contributed by atoms with Crippen LogP contribution in [-0.4, -0.2) is 36.4 Å². The number of aryl methyl sites for hydroxylation is 1. The zero-order chi connectivity index (χ0) is 20.4. The van der Waals surface area contributed by atoms with Crippen LogP contribution < -0.4 is 19.9 Å². The van der Waals surface area contributed by atoms with Gasteiger partial charge in [0.25, 0.3) is 5.91 Å². The molecule has 0 fully saturated rings. The number of rotatable bonds is 5. The highest BCUT2D eigenvalue weighted by atomic mass is 16.7. The van der Waals surface area contributed by atoms with Crippen LogP contribution in [0.4, 0.5) is 5.69 Å². The van der Waals surface area contributed by atoms with Crippen molar-refractivity contribution in [1.29, 1.82) is 0 Å². The molecule has 29 heavy (non-hydrogen) atoms. The van der Waals surface area contributed by atoms with Crippen molar-refractivity contribution < 1.29 is 29.0 Å². The van der Waals surface area contributed by atoms with Gasteiger partial charge in [0.05, 0.1) is 5.71 Å². The molecule has 0 bridgehead atoms. The van der Waals surface area contributed by atoms with Crippen LogP contribution in [0, 0.1) is 6.92 Å². The predicted molar refractivity (Wildman–Crippen MR) is 102 cm³/mol. The highest BCUT2D eigenvalue weighted by Gasteiger charge is 2.47. The maximum absolute atomic E-state index is 13.0. The fraction of sp³-hybridized carbons (Fsp3) is 0.286. The first-order valence-corrected chi connectivity index (χ1v) is 9.18. The minimum Gasteiger partial charge on any atom is -0.550 e. The topological polar surface area (TPSA) is 109 Å². The first kappa shape index (κ1) is 18.8. The largest absolute Gasteiger partial charge is 0.550 e.